The van der Waals surface area contributed by atoms with E-state index in [4.69, 9.17) is 5.73 Å². The summed E-state index contributed by atoms with van der Waals surface area (Å²) in [5.41, 5.74) is 9.69. The Morgan fingerprint density at radius 2 is 1.95 bits per heavy atom. The lowest BCUT2D eigenvalue weighted by Gasteiger charge is -2.07. The van der Waals surface area contributed by atoms with E-state index in [-0.39, 0.29) is 6.04 Å². The molecule has 1 unspecified atom stereocenters. The number of aryl methyl sites for hydroxylation is 1. The molecule has 1 aromatic heterocycles. The van der Waals surface area contributed by atoms with E-state index >= 15 is 0 Å². The van der Waals surface area contributed by atoms with Gasteiger partial charge in [0.2, 0.25) is 0 Å². The highest BCUT2D eigenvalue weighted by atomic mass is 15.0. The molecule has 102 valence electrons. The number of benzene rings is 1. The molecular formula is C16H23N3. The van der Waals surface area contributed by atoms with Crippen molar-refractivity contribution in [1.82, 2.24) is 9.97 Å². The van der Waals surface area contributed by atoms with Gasteiger partial charge in [0.05, 0.1) is 17.9 Å². The second kappa shape index (κ2) is 6.53. The second-order valence-electron chi connectivity index (χ2n) is 4.98. The van der Waals surface area contributed by atoms with Gasteiger partial charge in [-0.1, -0.05) is 51.0 Å². The minimum absolute atomic E-state index is 0.0172. The van der Waals surface area contributed by atoms with Gasteiger partial charge < -0.3 is 10.7 Å². The molecule has 0 saturated heterocycles. The zero-order valence-corrected chi connectivity index (χ0v) is 11.8. The number of nitrogens with one attached hydrogen (secondary N) is 1. The minimum atomic E-state index is 0.0172. The van der Waals surface area contributed by atoms with Crippen LogP contribution in [0.3, 0.4) is 0 Å². The van der Waals surface area contributed by atoms with Crippen molar-refractivity contribution in [2.24, 2.45) is 5.73 Å². The van der Waals surface area contributed by atoms with Gasteiger partial charge in [-0.15, -0.1) is 0 Å². The molecule has 0 radical (unpaired) electrons. The molecule has 1 atom stereocenters. The summed E-state index contributed by atoms with van der Waals surface area (Å²) in [7, 11) is 0. The zero-order valence-electron chi connectivity index (χ0n) is 11.8. The zero-order chi connectivity index (χ0) is 13.7. The molecule has 0 bridgehead atoms. The number of hydrogen-bond acceptors (Lipinski definition) is 2. The van der Waals surface area contributed by atoms with Crippen LogP contribution >= 0.6 is 0 Å². The van der Waals surface area contributed by atoms with Crippen molar-refractivity contribution >= 4 is 0 Å². The van der Waals surface area contributed by atoms with Crippen molar-refractivity contribution in [1.29, 1.82) is 0 Å². The number of rotatable bonds is 6. The van der Waals surface area contributed by atoms with Crippen molar-refractivity contribution in [3.63, 3.8) is 0 Å². The number of hydrogen-bond donors (Lipinski definition) is 2. The molecule has 19 heavy (non-hydrogen) atoms. The van der Waals surface area contributed by atoms with E-state index < -0.39 is 0 Å². The van der Waals surface area contributed by atoms with Crippen LogP contribution < -0.4 is 5.73 Å². The smallest absolute Gasteiger partial charge is 0.123 e. The van der Waals surface area contributed by atoms with Crippen LogP contribution in [-0.2, 0) is 6.42 Å². The highest BCUT2D eigenvalue weighted by Gasteiger charge is 2.10. The maximum atomic E-state index is 6.12. The molecule has 2 aromatic rings. The van der Waals surface area contributed by atoms with Gasteiger partial charge >= 0.3 is 0 Å². The van der Waals surface area contributed by atoms with Crippen molar-refractivity contribution in [2.45, 2.75) is 45.6 Å². The van der Waals surface area contributed by atoms with E-state index in [1.807, 2.05) is 6.20 Å². The van der Waals surface area contributed by atoms with Crippen LogP contribution in [0.25, 0.3) is 11.3 Å². The summed E-state index contributed by atoms with van der Waals surface area (Å²) in [5, 5.41) is 0. The van der Waals surface area contributed by atoms with Gasteiger partial charge in [-0.05, 0) is 24.0 Å². The quantitative estimate of drug-likeness (QED) is 0.826. The van der Waals surface area contributed by atoms with Gasteiger partial charge in [0.25, 0.3) is 0 Å². The van der Waals surface area contributed by atoms with Crippen LogP contribution in [0.5, 0.6) is 0 Å². The number of nitrogens with two attached hydrogens (primary N) is 1. The molecule has 1 aromatic carbocycles. The summed E-state index contributed by atoms with van der Waals surface area (Å²) in [6, 6.07) is 8.60. The molecule has 0 spiro atoms. The first-order valence-corrected chi connectivity index (χ1v) is 7.14. The summed E-state index contributed by atoms with van der Waals surface area (Å²) in [6.45, 7) is 4.34. The molecule has 0 aliphatic carbocycles. The van der Waals surface area contributed by atoms with Crippen LogP contribution in [0, 0.1) is 0 Å². The molecule has 3 N–H and O–H groups in total. The SMILES string of the molecule is CCCCC(N)c1ncc(-c2ccc(CC)cc2)[nH]1. The van der Waals surface area contributed by atoms with E-state index in [1.165, 1.54) is 17.5 Å². The van der Waals surface area contributed by atoms with Crippen LogP contribution in [0.1, 0.15) is 50.5 Å². The Kier molecular flexibility index (Phi) is 4.74. The standard InChI is InChI=1S/C16H23N3/c1-3-5-6-14(17)16-18-11-15(19-16)13-9-7-12(4-2)8-10-13/h7-11,14H,3-6,17H2,1-2H3,(H,18,19). The summed E-state index contributed by atoms with van der Waals surface area (Å²) in [6.07, 6.45) is 6.23. The number of aromatic nitrogens is 2. The van der Waals surface area contributed by atoms with Crippen molar-refractivity contribution < 1.29 is 0 Å². The molecule has 3 nitrogen and oxygen atoms in total. The van der Waals surface area contributed by atoms with Gasteiger partial charge in [-0.25, -0.2) is 4.98 Å². The van der Waals surface area contributed by atoms with Gasteiger partial charge in [0.15, 0.2) is 0 Å². The first-order valence-electron chi connectivity index (χ1n) is 7.14. The van der Waals surface area contributed by atoms with E-state index in [9.17, 15) is 0 Å². The molecule has 0 saturated carbocycles. The second-order valence-corrected chi connectivity index (χ2v) is 4.98. The summed E-state index contributed by atoms with van der Waals surface area (Å²) in [4.78, 5) is 7.75. The van der Waals surface area contributed by atoms with Gasteiger partial charge in [-0.2, -0.15) is 0 Å². The molecule has 0 aliphatic heterocycles. The summed E-state index contributed by atoms with van der Waals surface area (Å²) in [5.74, 6) is 0.892. The first kappa shape index (κ1) is 13.8. The molecule has 2 rings (SSSR count). The molecule has 0 amide bonds. The van der Waals surface area contributed by atoms with Crippen LogP contribution in [0.4, 0.5) is 0 Å². The predicted molar refractivity (Wildman–Crippen MR) is 79.9 cm³/mol. The third-order valence-corrected chi connectivity index (χ3v) is 3.49. The summed E-state index contributed by atoms with van der Waals surface area (Å²) >= 11 is 0. The van der Waals surface area contributed by atoms with E-state index in [0.717, 1.165) is 30.8 Å². The van der Waals surface area contributed by atoms with Crippen LogP contribution in [-0.4, -0.2) is 9.97 Å². The third kappa shape index (κ3) is 3.44. The first-order chi connectivity index (χ1) is 9.24. The van der Waals surface area contributed by atoms with Gasteiger partial charge in [0, 0.05) is 0 Å². The van der Waals surface area contributed by atoms with Gasteiger partial charge in [0.1, 0.15) is 5.82 Å². The third-order valence-electron chi connectivity index (χ3n) is 3.49. The van der Waals surface area contributed by atoms with E-state index in [2.05, 4.69) is 48.1 Å². The Balaban J connectivity index is 2.11. The van der Waals surface area contributed by atoms with Crippen LogP contribution in [0.15, 0.2) is 30.5 Å². The highest BCUT2D eigenvalue weighted by Crippen LogP contribution is 2.21. The van der Waals surface area contributed by atoms with Crippen molar-refractivity contribution in [3.8, 4) is 11.3 Å². The van der Waals surface area contributed by atoms with E-state index in [0.29, 0.717) is 0 Å². The Morgan fingerprint density at radius 1 is 1.21 bits per heavy atom. The normalized spacial score (nSPS) is 12.6. The minimum Gasteiger partial charge on any atom is -0.341 e. The monoisotopic (exact) mass is 257 g/mol. The number of aromatic amines is 1. The lowest BCUT2D eigenvalue weighted by Crippen LogP contribution is -2.11. The number of nitrogens with zero attached hydrogens (tertiary/aromatic N) is 1. The average molecular weight is 257 g/mol. The largest absolute Gasteiger partial charge is 0.341 e. The molecule has 3 heteroatoms. The van der Waals surface area contributed by atoms with Gasteiger partial charge in [-0.3, -0.25) is 0 Å². The van der Waals surface area contributed by atoms with Crippen molar-refractivity contribution in [2.75, 3.05) is 0 Å². The maximum Gasteiger partial charge on any atom is 0.123 e. The Hall–Kier alpha value is -1.61. The number of H-pyrrole nitrogens is 1. The van der Waals surface area contributed by atoms with Crippen LogP contribution in [0.2, 0.25) is 0 Å². The predicted octanol–water partition coefficient (Wildman–Crippen LogP) is 3.83. The fraction of sp³-hybridized carbons (Fsp3) is 0.438. The number of unbranched alkanes of at least 4 members (excludes halogenated alkanes) is 1. The fourth-order valence-electron chi connectivity index (χ4n) is 2.15. The Labute approximate surface area is 115 Å². The number of imidazole rings is 1. The lowest BCUT2D eigenvalue weighted by atomic mass is 10.1. The van der Waals surface area contributed by atoms with E-state index in [1.54, 1.807) is 0 Å². The highest BCUT2D eigenvalue weighted by molar-refractivity contribution is 5.58. The lowest BCUT2D eigenvalue weighted by molar-refractivity contribution is 0.580. The molecule has 0 aliphatic rings. The molecular weight excluding hydrogens is 234 g/mol. The average Bonchev–Trinajstić information content (AvgIpc) is 2.94. The summed E-state index contributed by atoms with van der Waals surface area (Å²) < 4.78 is 0. The molecule has 0 fully saturated rings. The Bertz CT molecular complexity index is 499. The topological polar surface area (TPSA) is 54.7 Å². The maximum absolute atomic E-state index is 6.12. The fourth-order valence-corrected chi connectivity index (χ4v) is 2.15. The molecule has 1 heterocycles. The van der Waals surface area contributed by atoms with Crippen molar-refractivity contribution in [3.05, 3.63) is 41.9 Å². The Morgan fingerprint density at radius 3 is 2.58 bits per heavy atom.